The van der Waals surface area contributed by atoms with Crippen molar-refractivity contribution in [2.24, 2.45) is 0 Å². The number of fused-ring (bicyclic) bond motifs is 1. The summed E-state index contributed by atoms with van der Waals surface area (Å²) in [4.78, 5) is 16.7. The average molecular weight is 547 g/mol. The summed E-state index contributed by atoms with van der Waals surface area (Å²) in [5.74, 6) is -1.09. The summed E-state index contributed by atoms with van der Waals surface area (Å²) in [6, 6.07) is 10.1. The first-order chi connectivity index (χ1) is 17.2. The topological polar surface area (TPSA) is 77.5 Å². The van der Waals surface area contributed by atoms with E-state index in [4.69, 9.17) is 20.8 Å². The number of carbonyl (C=O) groups is 1. The molecule has 0 aliphatic rings. The van der Waals surface area contributed by atoms with Gasteiger partial charge < -0.3 is 18.8 Å². The molecular formula is C24H17ClF6N2O4. The Hall–Kier alpha value is -3.51. The molecule has 6 nitrogen and oxygen atoms in total. The van der Waals surface area contributed by atoms with Crippen LogP contribution in [0.3, 0.4) is 0 Å². The molecule has 4 aromatic rings. The monoisotopic (exact) mass is 546 g/mol. The highest BCUT2D eigenvalue weighted by atomic mass is 35.5. The number of oxazole rings is 1. The van der Waals surface area contributed by atoms with Crippen LogP contribution in [-0.4, -0.2) is 40.1 Å². The number of ether oxygens (including phenoxy) is 1. The van der Waals surface area contributed by atoms with Crippen LogP contribution < -0.4 is 0 Å². The second-order valence-corrected chi connectivity index (χ2v) is 8.52. The van der Waals surface area contributed by atoms with Gasteiger partial charge in [-0.2, -0.15) is 26.3 Å². The second kappa shape index (κ2) is 9.10. The van der Waals surface area contributed by atoms with Crippen LogP contribution in [0.25, 0.3) is 22.4 Å². The average Bonchev–Trinajstić information content (AvgIpc) is 3.37. The molecule has 2 aromatic carbocycles. The Labute approximate surface area is 210 Å². The van der Waals surface area contributed by atoms with E-state index < -0.39 is 29.5 Å². The number of methoxy groups -OCH3 is 1. The zero-order valence-corrected chi connectivity index (χ0v) is 19.8. The van der Waals surface area contributed by atoms with Gasteiger partial charge in [-0.3, -0.25) is 0 Å². The minimum absolute atomic E-state index is 0.00337. The van der Waals surface area contributed by atoms with Crippen LogP contribution in [0, 0.1) is 6.92 Å². The fraction of sp³-hybridized carbons (Fsp3) is 0.250. The van der Waals surface area contributed by atoms with Crippen LogP contribution in [0.4, 0.5) is 26.3 Å². The third-order valence-corrected chi connectivity index (χ3v) is 6.16. The van der Waals surface area contributed by atoms with Gasteiger partial charge in [-0.25, -0.2) is 9.78 Å². The highest BCUT2D eigenvalue weighted by Crippen LogP contribution is 2.50. The summed E-state index contributed by atoms with van der Waals surface area (Å²) < 4.78 is 91.9. The number of alkyl halides is 6. The van der Waals surface area contributed by atoms with Gasteiger partial charge in [-0.05, 0) is 37.3 Å². The van der Waals surface area contributed by atoms with Crippen molar-refractivity contribution in [3.63, 3.8) is 0 Å². The quantitative estimate of drug-likeness (QED) is 0.231. The lowest BCUT2D eigenvalue weighted by atomic mass is 9.91. The van der Waals surface area contributed by atoms with E-state index in [-0.39, 0.29) is 34.8 Å². The van der Waals surface area contributed by atoms with E-state index >= 15 is 0 Å². The molecule has 0 saturated heterocycles. The Bertz CT molecular complexity index is 1470. The fourth-order valence-electron chi connectivity index (χ4n) is 3.94. The predicted molar refractivity (Wildman–Crippen MR) is 120 cm³/mol. The molecule has 0 radical (unpaired) electrons. The summed E-state index contributed by atoms with van der Waals surface area (Å²) in [6.45, 7) is 1.42. The van der Waals surface area contributed by atoms with Gasteiger partial charge >= 0.3 is 18.3 Å². The largest absolute Gasteiger partial charge is 0.463 e. The van der Waals surface area contributed by atoms with Crippen molar-refractivity contribution in [1.82, 2.24) is 9.55 Å². The Kier molecular flexibility index (Phi) is 6.53. The van der Waals surface area contributed by atoms with Gasteiger partial charge in [0.15, 0.2) is 0 Å². The molecule has 0 atom stereocenters. The third kappa shape index (κ3) is 4.44. The van der Waals surface area contributed by atoms with Gasteiger partial charge in [0.25, 0.3) is 5.60 Å². The summed E-state index contributed by atoms with van der Waals surface area (Å²) in [6.07, 6.45) is -12.0. The normalized spacial score (nSPS) is 12.8. The molecule has 0 aliphatic heterocycles. The lowest BCUT2D eigenvalue weighted by Crippen LogP contribution is -2.53. The second-order valence-electron chi connectivity index (χ2n) is 8.12. The maximum absolute atomic E-state index is 13.3. The first-order valence-corrected chi connectivity index (χ1v) is 10.9. The zero-order chi connectivity index (χ0) is 27.3. The van der Waals surface area contributed by atoms with Crippen molar-refractivity contribution >= 4 is 28.5 Å². The van der Waals surface area contributed by atoms with Crippen LogP contribution in [-0.2, 0) is 16.9 Å². The molecule has 13 heteroatoms. The van der Waals surface area contributed by atoms with E-state index in [0.717, 1.165) is 13.2 Å². The molecule has 4 rings (SSSR count). The van der Waals surface area contributed by atoms with E-state index in [1.165, 1.54) is 10.6 Å². The maximum atomic E-state index is 13.3. The number of aromatic nitrogens is 2. The van der Waals surface area contributed by atoms with Crippen LogP contribution in [0.15, 0.2) is 52.9 Å². The Morgan fingerprint density at radius 3 is 2.32 bits per heavy atom. The molecule has 0 unspecified atom stereocenters. The Balaban J connectivity index is 1.82. The van der Waals surface area contributed by atoms with Gasteiger partial charge in [-0.1, -0.05) is 29.8 Å². The van der Waals surface area contributed by atoms with Gasteiger partial charge in [0, 0.05) is 22.2 Å². The van der Waals surface area contributed by atoms with Gasteiger partial charge in [0.1, 0.15) is 5.69 Å². The molecule has 0 fully saturated rings. The maximum Gasteiger partial charge on any atom is 0.430 e. The Morgan fingerprint density at radius 1 is 1.08 bits per heavy atom. The fourth-order valence-corrected chi connectivity index (χ4v) is 4.16. The number of nitrogens with zero attached hydrogens (tertiary/aromatic N) is 2. The first kappa shape index (κ1) is 26.6. The number of esters is 1. The molecule has 196 valence electrons. The number of halogens is 7. The van der Waals surface area contributed by atoms with Crippen molar-refractivity contribution in [3.8, 4) is 11.5 Å². The smallest absolute Gasteiger partial charge is 0.430 e. The van der Waals surface area contributed by atoms with Gasteiger partial charge in [0.2, 0.25) is 11.7 Å². The lowest BCUT2D eigenvalue weighted by Gasteiger charge is -2.32. The zero-order valence-electron chi connectivity index (χ0n) is 19.0. The highest BCUT2D eigenvalue weighted by molar-refractivity contribution is 6.33. The molecule has 37 heavy (non-hydrogen) atoms. The minimum atomic E-state index is -6.01. The summed E-state index contributed by atoms with van der Waals surface area (Å²) in [5, 5.41) is 10.0. The van der Waals surface area contributed by atoms with E-state index in [9.17, 15) is 36.2 Å². The molecule has 2 aromatic heterocycles. The van der Waals surface area contributed by atoms with Crippen LogP contribution in [0.1, 0.15) is 27.5 Å². The third-order valence-electron chi connectivity index (χ3n) is 5.83. The molecule has 0 bridgehead atoms. The number of carbonyl (C=O) groups excluding carboxylic acids is 1. The van der Waals surface area contributed by atoms with Crippen molar-refractivity contribution in [2.45, 2.75) is 31.4 Å². The standard InChI is InChI=1S/C24H17ClF6N2O4/c1-12-9-13-10-14(22(35,23(26,27)28)24(29,30)31)7-8-18(13)33(12)11-17-19(21(34)36-2)37-20(32-17)15-5-3-4-6-16(15)25/h3-10,35H,11H2,1-2H3. The predicted octanol–water partition coefficient (Wildman–Crippen LogP) is 6.41. The number of aliphatic hydroxyl groups is 1. The number of benzene rings is 2. The van der Waals surface area contributed by atoms with E-state index in [2.05, 4.69) is 4.98 Å². The molecule has 0 saturated carbocycles. The van der Waals surface area contributed by atoms with Crippen LogP contribution in [0.2, 0.25) is 5.02 Å². The summed E-state index contributed by atoms with van der Waals surface area (Å²) in [5.41, 5.74) is -5.31. The number of rotatable bonds is 5. The van der Waals surface area contributed by atoms with Crippen molar-refractivity contribution in [2.75, 3.05) is 7.11 Å². The molecule has 0 spiro atoms. The Morgan fingerprint density at radius 2 is 1.73 bits per heavy atom. The van der Waals surface area contributed by atoms with Crippen molar-refractivity contribution in [1.29, 1.82) is 0 Å². The molecule has 0 aliphatic carbocycles. The lowest BCUT2D eigenvalue weighted by molar-refractivity contribution is -0.376. The summed E-state index contributed by atoms with van der Waals surface area (Å²) in [7, 11) is 1.13. The number of hydrogen-bond acceptors (Lipinski definition) is 5. The molecule has 1 N–H and O–H groups in total. The summed E-state index contributed by atoms with van der Waals surface area (Å²) >= 11 is 6.19. The van der Waals surface area contributed by atoms with Gasteiger partial charge in [0.05, 0.1) is 24.2 Å². The molecular weight excluding hydrogens is 530 g/mol. The van der Waals surface area contributed by atoms with Crippen molar-refractivity contribution in [3.05, 3.63) is 76.3 Å². The van der Waals surface area contributed by atoms with E-state index in [1.54, 1.807) is 31.2 Å². The first-order valence-electron chi connectivity index (χ1n) is 10.5. The number of aryl methyl sites for hydroxylation is 1. The van der Waals surface area contributed by atoms with Crippen molar-refractivity contribution < 1.29 is 45.4 Å². The highest BCUT2D eigenvalue weighted by Gasteiger charge is 2.71. The van der Waals surface area contributed by atoms with E-state index in [1.807, 2.05) is 0 Å². The minimum Gasteiger partial charge on any atom is -0.463 e. The molecule has 2 heterocycles. The number of hydrogen-bond donors (Lipinski definition) is 1. The van der Waals surface area contributed by atoms with Gasteiger partial charge in [-0.15, -0.1) is 0 Å². The van der Waals surface area contributed by atoms with E-state index in [0.29, 0.717) is 28.4 Å². The van der Waals surface area contributed by atoms with Crippen LogP contribution in [0.5, 0.6) is 0 Å². The SMILES string of the molecule is COC(=O)c1oc(-c2ccccc2Cl)nc1Cn1c(C)cc2cc(C(O)(C(F)(F)F)C(F)(F)F)ccc21. The van der Waals surface area contributed by atoms with Crippen LogP contribution >= 0.6 is 11.6 Å². The molecule has 0 amide bonds.